The van der Waals surface area contributed by atoms with Gasteiger partial charge in [0.25, 0.3) is 5.91 Å². The Morgan fingerprint density at radius 2 is 2.23 bits per heavy atom. The van der Waals surface area contributed by atoms with Gasteiger partial charge in [-0.15, -0.1) is 0 Å². The topological polar surface area (TPSA) is 76.7 Å². The van der Waals surface area contributed by atoms with Gasteiger partial charge in [0.1, 0.15) is 5.75 Å². The highest BCUT2D eigenvalue weighted by Crippen LogP contribution is 2.51. The van der Waals surface area contributed by atoms with Crippen molar-refractivity contribution in [2.24, 2.45) is 11.3 Å². The van der Waals surface area contributed by atoms with Crippen LogP contribution in [-0.2, 0) is 20.7 Å². The van der Waals surface area contributed by atoms with Crippen LogP contribution < -0.4 is 15.4 Å². The van der Waals surface area contributed by atoms with Crippen LogP contribution in [0.3, 0.4) is 0 Å². The van der Waals surface area contributed by atoms with E-state index in [-0.39, 0.29) is 36.0 Å². The summed E-state index contributed by atoms with van der Waals surface area (Å²) in [5.74, 6) is 1.01. The first-order chi connectivity index (χ1) is 12.4. The van der Waals surface area contributed by atoms with Crippen molar-refractivity contribution in [2.45, 2.75) is 51.7 Å². The number of carbonyl (C=O) groups is 2. The molecular formula is C20H26N2O4. The van der Waals surface area contributed by atoms with Gasteiger partial charge in [-0.3, -0.25) is 9.59 Å². The average Bonchev–Trinajstić information content (AvgIpc) is 2.64. The van der Waals surface area contributed by atoms with E-state index < -0.39 is 0 Å². The predicted molar refractivity (Wildman–Crippen MR) is 97.1 cm³/mol. The Labute approximate surface area is 153 Å². The molecule has 1 aromatic carbocycles. The van der Waals surface area contributed by atoms with E-state index in [1.54, 1.807) is 6.07 Å². The van der Waals surface area contributed by atoms with E-state index in [4.69, 9.17) is 9.47 Å². The maximum atomic E-state index is 12.4. The predicted octanol–water partition coefficient (Wildman–Crippen LogP) is 2.27. The molecule has 2 fully saturated rings. The molecule has 6 heteroatoms. The van der Waals surface area contributed by atoms with Gasteiger partial charge in [-0.25, -0.2) is 0 Å². The molecule has 2 heterocycles. The SMILES string of the molecule is CC1(C)C(NC(=O)COc2ccc3c(c2)CCC(=O)N3)C2CCCOC21. The molecule has 2 amide bonds. The summed E-state index contributed by atoms with van der Waals surface area (Å²) in [5.41, 5.74) is 1.84. The summed E-state index contributed by atoms with van der Waals surface area (Å²) < 4.78 is 11.6. The standard InChI is InChI=1S/C20H26N2O4/c1-20(2)18(14-4-3-9-25-19(14)20)22-17(24)11-26-13-6-7-15-12(10-13)5-8-16(23)21-15/h6-7,10,14,18-19H,3-5,8-9,11H2,1-2H3,(H,21,23)(H,22,24). The van der Waals surface area contributed by atoms with Crippen LogP contribution in [0.15, 0.2) is 18.2 Å². The van der Waals surface area contributed by atoms with E-state index in [1.165, 1.54) is 0 Å². The van der Waals surface area contributed by atoms with Crippen LogP contribution in [0.4, 0.5) is 5.69 Å². The van der Waals surface area contributed by atoms with Crippen molar-refractivity contribution >= 4 is 17.5 Å². The fraction of sp³-hybridized carbons (Fsp3) is 0.600. The molecule has 0 spiro atoms. The number of amides is 2. The Kier molecular flexibility index (Phi) is 4.39. The van der Waals surface area contributed by atoms with Gasteiger partial charge in [0, 0.05) is 36.1 Å². The quantitative estimate of drug-likeness (QED) is 0.866. The smallest absolute Gasteiger partial charge is 0.258 e. The van der Waals surface area contributed by atoms with E-state index in [0.29, 0.717) is 24.5 Å². The minimum Gasteiger partial charge on any atom is -0.484 e. The Morgan fingerprint density at radius 1 is 1.38 bits per heavy atom. The molecule has 2 aliphatic heterocycles. The van der Waals surface area contributed by atoms with Gasteiger partial charge in [0.15, 0.2) is 6.61 Å². The summed E-state index contributed by atoms with van der Waals surface area (Å²) in [5, 5.41) is 5.99. The average molecular weight is 358 g/mol. The monoisotopic (exact) mass is 358 g/mol. The zero-order valence-corrected chi connectivity index (χ0v) is 15.3. The van der Waals surface area contributed by atoms with E-state index in [0.717, 1.165) is 30.7 Å². The third-order valence-corrected chi connectivity index (χ3v) is 5.99. The van der Waals surface area contributed by atoms with Crippen molar-refractivity contribution in [2.75, 3.05) is 18.5 Å². The third-order valence-electron chi connectivity index (χ3n) is 5.99. The zero-order chi connectivity index (χ0) is 18.3. The largest absolute Gasteiger partial charge is 0.484 e. The Hall–Kier alpha value is -2.08. The van der Waals surface area contributed by atoms with Crippen LogP contribution in [0, 0.1) is 11.3 Å². The second-order valence-electron chi connectivity index (χ2n) is 8.12. The molecule has 3 aliphatic rings. The van der Waals surface area contributed by atoms with Crippen molar-refractivity contribution in [3.63, 3.8) is 0 Å². The highest BCUT2D eigenvalue weighted by atomic mass is 16.5. The molecule has 140 valence electrons. The Bertz CT molecular complexity index is 731. The van der Waals surface area contributed by atoms with Gasteiger partial charge in [-0.05, 0) is 43.0 Å². The zero-order valence-electron chi connectivity index (χ0n) is 15.3. The van der Waals surface area contributed by atoms with Crippen LogP contribution in [0.5, 0.6) is 5.75 Å². The summed E-state index contributed by atoms with van der Waals surface area (Å²) in [6.45, 7) is 5.13. The summed E-state index contributed by atoms with van der Waals surface area (Å²) in [4.78, 5) is 23.8. The number of carbonyl (C=O) groups excluding carboxylic acids is 2. The van der Waals surface area contributed by atoms with Crippen molar-refractivity contribution in [3.05, 3.63) is 23.8 Å². The van der Waals surface area contributed by atoms with E-state index >= 15 is 0 Å². The molecule has 3 atom stereocenters. The summed E-state index contributed by atoms with van der Waals surface area (Å²) >= 11 is 0. The first-order valence-electron chi connectivity index (χ1n) is 9.42. The van der Waals surface area contributed by atoms with E-state index in [1.807, 2.05) is 12.1 Å². The van der Waals surface area contributed by atoms with Crippen molar-refractivity contribution in [3.8, 4) is 5.75 Å². The summed E-state index contributed by atoms with van der Waals surface area (Å²) in [7, 11) is 0. The summed E-state index contributed by atoms with van der Waals surface area (Å²) in [6, 6.07) is 5.66. The maximum Gasteiger partial charge on any atom is 0.258 e. The maximum absolute atomic E-state index is 12.4. The third kappa shape index (κ3) is 3.07. The second-order valence-corrected chi connectivity index (χ2v) is 8.12. The van der Waals surface area contributed by atoms with Gasteiger partial charge in [-0.2, -0.15) is 0 Å². The van der Waals surface area contributed by atoms with Crippen LogP contribution in [0.25, 0.3) is 0 Å². The number of benzene rings is 1. The number of hydrogen-bond donors (Lipinski definition) is 2. The minimum absolute atomic E-state index is 0.00400. The van der Waals surface area contributed by atoms with E-state index in [2.05, 4.69) is 24.5 Å². The lowest BCUT2D eigenvalue weighted by atomic mass is 9.55. The highest BCUT2D eigenvalue weighted by molar-refractivity contribution is 5.94. The van der Waals surface area contributed by atoms with Gasteiger partial charge >= 0.3 is 0 Å². The lowest BCUT2D eigenvalue weighted by Gasteiger charge is -2.59. The fourth-order valence-corrected chi connectivity index (χ4v) is 4.63. The molecule has 1 aromatic rings. The lowest BCUT2D eigenvalue weighted by molar-refractivity contribution is -0.194. The van der Waals surface area contributed by atoms with E-state index in [9.17, 15) is 9.59 Å². The van der Waals surface area contributed by atoms with Crippen LogP contribution in [-0.4, -0.2) is 37.2 Å². The van der Waals surface area contributed by atoms with Crippen LogP contribution in [0.1, 0.15) is 38.7 Å². The van der Waals surface area contributed by atoms with Gasteiger partial charge < -0.3 is 20.1 Å². The van der Waals surface area contributed by atoms with Gasteiger partial charge in [0.2, 0.25) is 5.91 Å². The normalized spacial score (nSPS) is 28.8. The number of ether oxygens (including phenoxy) is 2. The van der Waals surface area contributed by atoms with Crippen LogP contribution >= 0.6 is 0 Å². The molecule has 1 saturated heterocycles. The molecule has 0 aromatic heterocycles. The number of fused-ring (bicyclic) bond motifs is 2. The number of nitrogens with one attached hydrogen (secondary N) is 2. The van der Waals surface area contributed by atoms with Crippen molar-refractivity contribution in [1.82, 2.24) is 5.32 Å². The molecule has 2 N–H and O–H groups in total. The first-order valence-corrected chi connectivity index (χ1v) is 9.42. The molecular weight excluding hydrogens is 332 g/mol. The lowest BCUT2D eigenvalue weighted by Crippen LogP contribution is -2.70. The van der Waals surface area contributed by atoms with Gasteiger partial charge in [0.05, 0.1) is 6.10 Å². The number of rotatable bonds is 4. The Balaban J connectivity index is 1.32. The van der Waals surface area contributed by atoms with Gasteiger partial charge in [-0.1, -0.05) is 13.8 Å². The molecule has 1 aliphatic carbocycles. The highest BCUT2D eigenvalue weighted by Gasteiger charge is 2.58. The number of hydrogen-bond acceptors (Lipinski definition) is 4. The van der Waals surface area contributed by atoms with Crippen molar-refractivity contribution < 1.29 is 19.1 Å². The molecule has 6 nitrogen and oxygen atoms in total. The molecule has 4 rings (SSSR count). The molecule has 1 saturated carbocycles. The molecule has 0 bridgehead atoms. The fourth-order valence-electron chi connectivity index (χ4n) is 4.63. The first kappa shape index (κ1) is 17.3. The van der Waals surface area contributed by atoms with Crippen molar-refractivity contribution in [1.29, 1.82) is 0 Å². The Morgan fingerprint density at radius 3 is 3.08 bits per heavy atom. The minimum atomic E-state index is -0.0990. The molecule has 3 unspecified atom stereocenters. The molecule has 26 heavy (non-hydrogen) atoms. The number of anilines is 1. The second kappa shape index (κ2) is 6.58. The summed E-state index contributed by atoms with van der Waals surface area (Å²) in [6.07, 6.45) is 3.60. The number of aryl methyl sites for hydroxylation is 1. The molecule has 0 radical (unpaired) electrons. The van der Waals surface area contributed by atoms with Crippen LogP contribution in [0.2, 0.25) is 0 Å².